The van der Waals surface area contributed by atoms with Gasteiger partial charge in [-0.25, -0.2) is 8.78 Å². The second-order valence-corrected chi connectivity index (χ2v) is 5.18. The van der Waals surface area contributed by atoms with Gasteiger partial charge in [-0.05, 0) is 48.5 Å². The molecular weight excluding hydrogens is 338 g/mol. The first kappa shape index (κ1) is 21.6. The van der Waals surface area contributed by atoms with E-state index < -0.39 is 0 Å². The van der Waals surface area contributed by atoms with Crippen LogP contribution in [0.3, 0.4) is 0 Å². The molecule has 0 N–H and O–H groups in total. The van der Waals surface area contributed by atoms with E-state index in [0.717, 1.165) is 0 Å². The van der Waals surface area contributed by atoms with E-state index in [9.17, 15) is 8.78 Å². The second kappa shape index (κ2) is 14.2. The zero-order chi connectivity index (χ0) is 17.5. The van der Waals surface area contributed by atoms with Gasteiger partial charge in [-0.1, -0.05) is 27.7 Å². The van der Waals surface area contributed by atoms with Gasteiger partial charge in [0.05, 0.1) is 24.1 Å². The maximum absolute atomic E-state index is 12.6. The average Bonchev–Trinajstić information content (AvgIpc) is 2.61. The lowest BCUT2D eigenvalue weighted by molar-refractivity contribution is 0.611. The molecule has 0 aliphatic heterocycles. The maximum Gasteiger partial charge on any atom is 0.137 e. The summed E-state index contributed by atoms with van der Waals surface area (Å²) in [6.07, 6.45) is 0. The van der Waals surface area contributed by atoms with Crippen LogP contribution in [0, 0.1) is 11.6 Å². The Morgan fingerprint density at radius 2 is 0.957 bits per heavy atom. The molecule has 0 aromatic heterocycles. The molecule has 23 heavy (non-hydrogen) atoms. The fourth-order valence-electron chi connectivity index (χ4n) is 1.18. The lowest BCUT2D eigenvalue weighted by Gasteiger charge is -2.04. The van der Waals surface area contributed by atoms with Crippen LogP contribution in [-0.2, 0) is 0 Å². The average molecular weight is 360 g/mol. The molecule has 0 fully saturated rings. The first-order chi connectivity index (χ1) is 11.2. The topological polar surface area (TPSA) is 18.5 Å². The van der Waals surface area contributed by atoms with Gasteiger partial charge in [0.15, 0.2) is 0 Å². The van der Waals surface area contributed by atoms with Crippen LogP contribution in [-0.4, -0.2) is 5.08 Å². The molecule has 0 unspecified atom stereocenters. The Balaban J connectivity index is 0.00000112. The highest BCUT2D eigenvalue weighted by Crippen LogP contribution is 2.22. The zero-order valence-corrected chi connectivity index (χ0v) is 15.3. The number of hydrogen-bond donors (Lipinski definition) is 0. The van der Waals surface area contributed by atoms with E-state index >= 15 is 0 Å². The minimum absolute atomic E-state index is 0.300. The second-order valence-electron chi connectivity index (χ2n) is 3.43. The molecule has 2 aromatic rings. The predicted octanol–water partition coefficient (Wildman–Crippen LogP) is 6.73. The standard InChI is InChI=1S/C13H10F2O2S2.2C2H6/c14-10-1-5-12(6-2-10)16-18-9-19-17-13-7-3-11(15)4-8-13;2*1-2/h1-8H,9H2;2*1-2H3. The maximum atomic E-state index is 12.6. The van der Waals surface area contributed by atoms with E-state index in [2.05, 4.69) is 0 Å². The lowest BCUT2D eigenvalue weighted by atomic mass is 10.3. The highest BCUT2D eigenvalue weighted by atomic mass is 32.2. The Kier molecular flexibility index (Phi) is 13.3. The van der Waals surface area contributed by atoms with Gasteiger partial charge in [0, 0.05) is 0 Å². The van der Waals surface area contributed by atoms with E-state index in [1.165, 1.54) is 48.4 Å². The van der Waals surface area contributed by atoms with Crippen LogP contribution in [0.1, 0.15) is 27.7 Å². The van der Waals surface area contributed by atoms with Gasteiger partial charge >= 0.3 is 0 Å². The molecule has 0 aliphatic rings. The van der Waals surface area contributed by atoms with E-state index in [4.69, 9.17) is 8.37 Å². The summed E-state index contributed by atoms with van der Waals surface area (Å²) < 4.78 is 35.9. The van der Waals surface area contributed by atoms with Crippen molar-refractivity contribution in [2.45, 2.75) is 27.7 Å². The minimum Gasteiger partial charge on any atom is -0.425 e. The molecule has 128 valence electrons. The molecule has 0 bridgehead atoms. The van der Waals surface area contributed by atoms with Gasteiger partial charge in [-0.15, -0.1) is 0 Å². The summed E-state index contributed by atoms with van der Waals surface area (Å²) in [5, 5.41) is 0.523. The summed E-state index contributed by atoms with van der Waals surface area (Å²) in [4.78, 5) is 0. The molecule has 0 spiro atoms. The van der Waals surface area contributed by atoms with Crippen LogP contribution in [0.25, 0.3) is 0 Å². The Morgan fingerprint density at radius 3 is 1.26 bits per heavy atom. The van der Waals surface area contributed by atoms with Crippen molar-refractivity contribution in [2.24, 2.45) is 0 Å². The zero-order valence-electron chi connectivity index (χ0n) is 13.7. The molecule has 0 radical (unpaired) electrons. The van der Waals surface area contributed by atoms with Gasteiger partial charge in [0.1, 0.15) is 28.2 Å². The summed E-state index contributed by atoms with van der Waals surface area (Å²) in [6, 6.07) is 11.5. The van der Waals surface area contributed by atoms with Crippen molar-refractivity contribution in [1.82, 2.24) is 0 Å². The van der Waals surface area contributed by atoms with Crippen molar-refractivity contribution in [3.8, 4) is 11.5 Å². The summed E-state index contributed by atoms with van der Waals surface area (Å²) in [7, 11) is 0. The van der Waals surface area contributed by atoms with E-state index in [-0.39, 0.29) is 11.6 Å². The van der Waals surface area contributed by atoms with Crippen LogP contribution in [0.5, 0.6) is 11.5 Å². The van der Waals surface area contributed by atoms with Gasteiger partial charge in [-0.3, -0.25) is 0 Å². The van der Waals surface area contributed by atoms with E-state index in [1.807, 2.05) is 27.7 Å². The van der Waals surface area contributed by atoms with Crippen molar-refractivity contribution in [2.75, 3.05) is 5.08 Å². The van der Waals surface area contributed by atoms with Gasteiger partial charge in [0.2, 0.25) is 0 Å². The molecule has 2 aromatic carbocycles. The van der Waals surface area contributed by atoms with Gasteiger partial charge in [-0.2, -0.15) is 0 Å². The Hall–Kier alpha value is -1.40. The monoisotopic (exact) mass is 360 g/mol. The normalized spacial score (nSPS) is 8.96. The molecule has 0 heterocycles. The Morgan fingerprint density at radius 1 is 0.652 bits per heavy atom. The third kappa shape index (κ3) is 10.1. The van der Waals surface area contributed by atoms with Crippen LogP contribution < -0.4 is 8.37 Å². The van der Waals surface area contributed by atoms with Crippen molar-refractivity contribution < 1.29 is 17.1 Å². The molecule has 2 nitrogen and oxygen atoms in total. The highest BCUT2D eigenvalue weighted by molar-refractivity contribution is 8.12. The number of hydrogen-bond acceptors (Lipinski definition) is 4. The molecule has 2 rings (SSSR count). The summed E-state index contributed by atoms with van der Waals surface area (Å²) >= 11 is 2.35. The van der Waals surface area contributed by atoms with Crippen molar-refractivity contribution in [3.63, 3.8) is 0 Å². The lowest BCUT2D eigenvalue weighted by Crippen LogP contribution is -1.86. The van der Waals surface area contributed by atoms with E-state index in [1.54, 1.807) is 24.3 Å². The molecule has 0 saturated carbocycles. The van der Waals surface area contributed by atoms with Crippen molar-refractivity contribution in [3.05, 3.63) is 60.2 Å². The predicted molar refractivity (Wildman–Crippen MR) is 96.8 cm³/mol. The molecule has 0 amide bonds. The summed E-state index contributed by atoms with van der Waals surface area (Å²) in [6.45, 7) is 8.00. The largest absolute Gasteiger partial charge is 0.425 e. The van der Waals surface area contributed by atoms with Gasteiger partial charge in [0.25, 0.3) is 0 Å². The SMILES string of the molecule is CC.CC.Fc1ccc(OSCSOc2ccc(F)cc2)cc1. The summed E-state index contributed by atoms with van der Waals surface area (Å²) in [5.41, 5.74) is 0. The van der Waals surface area contributed by atoms with Crippen LogP contribution in [0.15, 0.2) is 48.5 Å². The van der Waals surface area contributed by atoms with E-state index in [0.29, 0.717) is 16.6 Å². The molecule has 6 heteroatoms. The van der Waals surface area contributed by atoms with Crippen molar-refractivity contribution >= 4 is 24.1 Å². The fraction of sp³-hybridized carbons (Fsp3) is 0.294. The number of rotatable bonds is 6. The molecule has 0 saturated heterocycles. The third-order valence-corrected chi connectivity index (χ3v) is 3.42. The fourth-order valence-corrected chi connectivity index (χ4v) is 2.22. The number of benzene rings is 2. The van der Waals surface area contributed by atoms with Crippen LogP contribution in [0.2, 0.25) is 0 Å². The number of halogens is 2. The van der Waals surface area contributed by atoms with Crippen molar-refractivity contribution in [1.29, 1.82) is 0 Å². The molecule has 0 aliphatic carbocycles. The quantitative estimate of drug-likeness (QED) is 0.323. The third-order valence-electron chi connectivity index (χ3n) is 2.03. The first-order valence-electron chi connectivity index (χ1n) is 7.34. The minimum atomic E-state index is -0.300. The smallest absolute Gasteiger partial charge is 0.137 e. The molecule has 0 atom stereocenters. The summed E-state index contributed by atoms with van der Waals surface area (Å²) in [5.74, 6) is 0.556. The van der Waals surface area contributed by atoms with Gasteiger partial charge < -0.3 is 8.37 Å². The Labute approximate surface area is 146 Å². The van der Waals surface area contributed by atoms with Crippen LogP contribution in [0.4, 0.5) is 8.78 Å². The Bertz CT molecular complexity index is 458. The molecular formula is C17H22F2O2S2. The van der Waals surface area contributed by atoms with Crippen LogP contribution >= 0.6 is 24.1 Å². The first-order valence-corrected chi connectivity index (χ1v) is 9.16. The highest BCUT2D eigenvalue weighted by Gasteiger charge is 1.99.